The van der Waals surface area contributed by atoms with Gasteiger partial charge < -0.3 is 5.32 Å². The number of halogens is 1. The normalized spacial score (nSPS) is 18.1. The van der Waals surface area contributed by atoms with Crippen LogP contribution in [0.3, 0.4) is 0 Å². The molecule has 0 aromatic heterocycles. The largest absolute Gasteiger partial charge is 0.314 e. The minimum atomic E-state index is 0.636. The summed E-state index contributed by atoms with van der Waals surface area (Å²) in [6.45, 7) is 3.28. The van der Waals surface area contributed by atoms with E-state index in [0.29, 0.717) is 6.04 Å². The number of rotatable bonds is 6. The van der Waals surface area contributed by atoms with Crippen molar-refractivity contribution >= 4 is 15.9 Å². The summed E-state index contributed by atoms with van der Waals surface area (Å²) in [6.07, 6.45) is 8.26. The molecule has 1 N–H and O–H groups in total. The van der Waals surface area contributed by atoms with Crippen molar-refractivity contribution in [2.24, 2.45) is 5.92 Å². The van der Waals surface area contributed by atoms with E-state index in [1.165, 1.54) is 42.1 Å². The van der Waals surface area contributed by atoms with Crippen LogP contribution in [0, 0.1) is 5.92 Å². The van der Waals surface area contributed by atoms with Gasteiger partial charge in [-0.05, 0) is 36.9 Å². The highest BCUT2D eigenvalue weighted by Crippen LogP contribution is 2.30. The van der Waals surface area contributed by atoms with Crippen LogP contribution in [0.5, 0.6) is 0 Å². The first-order valence-corrected chi connectivity index (χ1v) is 8.05. The van der Waals surface area contributed by atoms with Crippen molar-refractivity contribution in [1.82, 2.24) is 5.32 Å². The summed E-state index contributed by atoms with van der Waals surface area (Å²) in [5.41, 5.74) is 1.43. The Labute approximate surface area is 119 Å². The third-order valence-electron chi connectivity index (χ3n) is 4.01. The van der Waals surface area contributed by atoms with Gasteiger partial charge in [-0.2, -0.15) is 0 Å². The molecule has 18 heavy (non-hydrogen) atoms. The lowest BCUT2D eigenvalue weighted by molar-refractivity contribution is 0.390. The van der Waals surface area contributed by atoms with E-state index in [9.17, 15) is 0 Å². The molecule has 1 aromatic rings. The van der Waals surface area contributed by atoms with Gasteiger partial charge in [-0.15, -0.1) is 0 Å². The zero-order chi connectivity index (χ0) is 12.8. The van der Waals surface area contributed by atoms with E-state index in [1.54, 1.807) is 0 Å². The van der Waals surface area contributed by atoms with Crippen LogP contribution in [-0.2, 0) is 6.42 Å². The molecule has 1 saturated carbocycles. The molecule has 0 aliphatic heterocycles. The molecule has 1 atom stereocenters. The predicted octanol–water partition coefficient (Wildman–Crippen LogP) is 4.55. The Morgan fingerprint density at radius 3 is 2.67 bits per heavy atom. The smallest absolute Gasteiger partial charge is 0.0207 e. The van der Waals surface area contributed by atoms with Crippen LogP contribution >= 0.6 is 15.9 Å². The van der Waals surface area contributed by atoms with Crippen LogP contribution in [0.15, 0.2) is 28.7 Å². The topological polar surface area (TPSA) is 12.0 Å². The van der Waals surface area contributed by atoms with Crippen molar-refractivity contribution in [3.05, 3.63) is 34.3 Å². The average Bonchev–Trinajstić information content (AvgIpc) is 2.85. The lowest BCUT2D eigenvalue weighted by Crippen LogP contribution is -2.32. The van der Waals surface area contributed by atoms with Gasteiger partial charge in [0, 0.05) is 10.5 Å². The highest BCUT2D eigenvalue weighted by Gasteiger charge is 2.20. The molecule has 2 rings (SSSR count). The van der Waals surface area contributed by atoms with Crippen molar-refractivity contribution in [3.8, 4) is 0 Å². The van der Waals surface area contributed by atoms with Gasteiger partial charge in [0.2, 0.25) is 0 Å². The average molecular weight is 310 g/mol. The fraction of sp³-hybridized carbons (Fsp3) is 0.625. The molecule has 1 nitrogen and oxygen atoms in total. The van der Waals surface area contributed by atoms with Gasteiger partial charge >= 0.3 is 0 Å². The van der Waals surface area contributed by atoms with Crippen LogP contribution < -0.4 is 5.32 Å². The summed E-state index contributed by atoms with van der Waals surface area (Å²) in [5.74, 6) is 0.955. The molecule has 100 valence electrons. The van der Waals surface area contributed by atoms with Gasteiger partial charge in [0.25, 0.3) is 0 Å². The minimum absolute atomic E-state index is 0.636. The maximum atomic E-state index is 3.66. The summed E-state index contributed by atoms with van der Waals surface area (Å²) in [4.78, 5) is 0. The molecule has 1 fully saturated rings. The number of hydrogen-bond donors (Lipinski definition) is 1. The Balaban J connectivity index is 1.94. The van der Waals surface area contributed by atoms with Crippen molar-refractivity contribution in [1.29, 1.82) is 0 Å². The van der Waals surface area contributed by atoms with E-state index in [1.807, 2.05) is 0 Å². The lowest BCUT2D eigenvalue weighted by Gasteiger charge is -2.22. The molecule has 0 saturated heterocycles. The Hall–Kier alpha value is -0.340. The maximum absolute atomic E-state index is 3.66. The van der Waals surface area contributed by atoms with E-state index < -0.39 is 0 Å². The third kappa shape index (κ3) is 4.10. The molecular formula is C16H24BrN. The predicted molar refractivity (Wildman–Crippen MR) is 81.9 cm³/mol. The van der Waals surface area contributed by atoms with Crippen LogP contribution in [0.25, 0.3) is 0 Å². The second-order valence-corrected chi connectivity index (χ2v) is 6.29. The molecular weight excluding hydrogens is 286 g/mol. The number of nitrogens with one attached hydrogen (secondary N) is 1. The molecule has 0 spiro atoms. The summed E-state index contributed by atoms with van der Waals surface area (Å²) >= 11 is 3.66. The van der Waals surface area contributed by atoms with E-state index in [0.717, 1.165) is 18.9 Å². The second-order valence-electron chi connectivity index (χ2n) is 5.44. The molecule has 1 aliphatic rings. The third-order valence-corrected chi connectivity index (χ3v) is 4.78. The minimum Gasteiger partial charge on any atom is -0.314 e. The first-order chi connectivity index (χ1) is 8.79. The SMILES string of the molecule is CCNC(Cc1ccccc1Br)CC1CCCC1. The molecule has 0 bridgehead atoms. The fourth-order valence-electron chi connectivity index (χ4n) is 3.11. The molecule has 2 heteroatoms. The molecule has 0 amide bonds. The van der Waals surface area contributed by atoms with Crippen LogP contribution in [0.1, 0.15) is 44.6 Å². The zero-order valence-corrected chi connectivity index (χ0v) is 12.9. The standard InChI is InChI=1S/C16H24BrN/c1-2-18-15(11-13-7-3-4-8-13)12-14-9-5-6-10-16(14)17/h5-6,9-10,13,15,18H,2-4,7-8,11-12H2,1H3. The van der Waals surface area contributed by atoms with Crippen LogP contribution in [0.2, 0.25) is 0 Å². The van der Waals surface area contributed by atoms with Crippen molar-refractivity contribution < 1.29 is 0 Å². The highest BCUT2D eigenvalue weighted by atomic mass is 79.9. The molecule has 0 radical (unpaired) electrons. The van der Waals surface area contributed by atoms with Gasteiger partial charge in [-0.3, -0.25) is 0 Å². The Morgan fingerprint density at radius 2 is 2.00 bits per heavy atom. The van der Waals surface area contributed by atoms with Crippen molar-refractivity contribution in [3.63, 3.8) is 0 Å². The first kappa shape index (κ1) is 14.1. The van der Waals surface area contributed by atoms with Crippen LogP contribution in [-0.4, -0.2) is 12.6 Å². The van der Waals surface area contributed by atoms with E-state index in [4.69, 9.17) is 0 Å². The van der Waals surface area contributed by atoms with Gasteiger partial charge in [-0.25, -0.2) is 0 Å². The summed E-state index contributed by atoms with van der Waals surface area (Å²) in [6, 6.07) is 9.25. The van der Waals surface area contributed by atoms with E-state index >= 15 is 0 Å². The number of hydrogen-bond acceptors (Lipinski definition) is 1. The Kier molecular flexibility index (Phi) is 5.71. The van der Waals surface area contributed by atoms with Gasteiger partial charge in [0.1, 0.15) is 0 Å². The van der Waals surface area contributed by atoms with Gasteiger partial charge in [0.05, 0.1) is 0 Å². The zero-order valence-electron chi connectivity index (χ0n) is 11.3. The van der Waals surface area contributed by atoms with Gasteiger partial charge in [0.15, 0.2) is 0 Å². The molecule has 1 unspecified atom stereocenters. The number of benzene rings is 1. The lowest BCUT2D eigenvalue weighted by atomic mass is 9.94. The van der Waals surface area contributed by atoms with Gasteiger partial charge in [-0.1, -0.05) is 66.7 Å². The summed E-state index contributed by atoms with van der Waals surface area (Å²) in [7, 11) is 0. The maximum Gasteiger partial charge on any atom is 0.0207 e. The van der Waals surface area contributed by atoms with Crippen LogP contribution in [0.4, 0.5) is 0 Å². The van der Waals surface area contributed by atoms with E-state index in [-0.39, 0.29) is 0 Å². The highest BCUT2D eigenvalue weighted by molar-refractivity contribution is 9.10. The fourth-order valence-corrected chi connectivity index (χ4v) is 3.55. The van der Waals surface area contributed by atoms with Crippen molar-refractivity contribution in [2.45, 2.75) is 51.5 Å². The molecule has 1 aliphatic carbocycles. The second kappa shape index (κ2) is 7.30. The Morgan fingerprint density at radius 1 is 1.28 bits per heavy atom. The first-order valence-electron chi connectivity index (χ1n) is 7.26. The molecule has 0 heterocycles. The summed E-state index contributed by atoms with van der Waals surface area (Å²) in [5, 5.41) is 3.66. The quantitative estimate of drug-likeness (QED) is 0.813. The Bertz CT molecular complexity index is 358. The number of likely N-dealkylation sites (N-methyl/N-ethyl adjacent to an activating group) is 1. The van der Waals surface area contributed by atoms with E-state index in [2.05, 4.69) is 52.4 Å². The summed E-state index contributed by atoms with van der Waals surface area (Å²) < 4.78 is 1.25. The molecule has 1 aromatic carbocycles. The van der Waals surface area contributed by atoms with Crippen molar-refractivity contribution in [2.75, 3.05) is 6.54 Å². The monoisotopic (exact) mass is 309 g/mol.